The minimum Gasteiger partial charge on any atom is -0.212 e. The number of nitriles is 1. The lowest BCUT2D eigenvalue weighted by Gasteiger charge is -2.30. The van der Waals surface area contributed by atoms with E-state index in [0.29, 0.717) is 18.9 Å². The van der Waals surface area contributed by atoms with Gasteiger partial charge in [-0.25, -0.2) is 8.42 Å². The van der Waals surface area contributed by atoms with Crippen LogP contribution in [0.25, 0.3) is 0 Å². The minimum atomic E-state index is -3.17. The van der Waals surface area contributed by atoms with Gasteiger partial charge in [0.25, 0.3) is 0 Å². The van der Waals surface area contributed by atoms with Crippen molar-refractivity contribution in [1.29, 1.82) is 5.26 Å². The molecule has 0 radical (unpaired) electrons. The molecule has 84 valence electrons. The van der Waals surface area contributed by atoms with Gasteiger partial charge in [-0.3, -0.25) is 0 Å². The van der Waals surface area contributed by atoms with Gasteiger partial charge in [-0.1, -0.05) is 0 Å². The van der Waals surface area contributed by atoms with Crippen LogP contribution in [0.5, 0.6) is 0 Å². The van der Waals surface area contributed by atoms with Crippen molar-refractivity contribution in [1.82, 2.24) is 4.31 Å². The van der Waals surface area contributed by atoms with Crippen LogP contribution < -0.4 is 0 Å². The number of hydrogen-bond acceptors (Lipinski definition) is 3. The number of sulfonamides is 1. The second kappa shape index (κ2) is 4.11. The van der Waals surface area contributed by atoms with Crippen molar-refractivity contribution in [3.05, 3.63) is 0 Å². The lowest BCUT2D eigenvalue weighted by molar-refractivity contribution is 0.296. The van der Waals surface area contributed by atoms with Crippen molar-refractivity contribution in [3.8, 4) is 6.07 Å². The molecule has 0 aromatic carbocycles. The van der Waals surface area contributed by atoms with E-state index in [2.05, 4.69) is 6.07 Å². The molecule has 2 rings (SSSR count). The summed E-state index contributed by atoms with van der Waals surface area (Å²) in [5.41, 5.74) is 0. The molecule has 1 unspecified atom stereocenters. The van der Waals surface area contributed by atoms with E-state index in [1.165, 1.54) is 4.31 Å². The largest absolute Gasteiger partial charge is 0.215 e. The Bertz CT molecular complexity index is 367. The molecule has 1 heterocycles. The van der Waals surface area contributed by atoms with Gasteiger partial charge in [0.15, 0.2) is 0 Å². The Morgan fingerprint density at radius 3 is 2.60 bits per heavy atom. The quantitative estimate of drug-likeness (QED) is 0.726. The number of rotatable bonds is 3. The summed E-state index contributed by atoms with van der Waals surface area (Å²) in [5, 5.41) is 8.92. The molecule has 1 atom stereocenters. The van der Waals surface area contributed by atoms with Gasteiger partial charge >= 0.3 is 0 Å². The monoisotopic (exact) mass is 228 g/mol. The predicted molar refractivity (Wildman–Crippen MR) is 56.5 cm³/mol. The molecule has 0 N–H and O–H groups in total. The fourth-order valence-electron chi connectivity index (χ4n) is 2.05. The minimum absolute atomic E-state index is 0.255. The maximum Gasteiger partial charge on any atom is 0.215 e. The maximum absolute atomic E-state index is 12.0. The average Bonchev–Trinajstić information content (AvgIpc) is 3.01. The second-order valence-corrected chi connectivity index (χ2v) is 6.44. The van der Waals surface area contributed by atoms with E-state index in [4.69, 9.17) is 5.26 Å². The normalized spacial score (nSPS) is 28.6. The van der Waals surface area contributed by atoms with Gasteiger partial charge in [-0.2, -0.15) is 9.57 Å². The van der Waals surface area contributed by atoms with Crippen LogP contribution in [-0.4, -0.2) is 31.1 Å². The van der Waals surface area contributed by atoms with Crippen LogP contribution in [0, 0.1) is 17.2 Å². The SMILES string of the molecule is N#CC1CCCCN1S(=O)(=O)CC1CC1. The van der Waals surface area contributed by atoms with Crippen LogP contribution in [0.4, 0.5) is 0 Å². The zero-order valence-corrected chi connectivity index (χ0v) is 9.54. The van der Waals surface area contributed by atoms with Crippen molar-refractivity contribution in [3.63, 3.8) is 0 Å². The van der Waals surface area contributed by atoms with Crippen molar-refractivity contribution in [2.24, 2.45) is 5.92 Å². The Morgan fingerprint density at radius 1 is 1.27 bits per heavy atom. The van der Waals surface area contributed by atoms with E-state index in [1.54, 1.807) is 0 Å². The summed E-state index contributed by atoms with van der Waals surface area (Å²) in [6.07, 6.45) is 4.62. The summed E-state index contributed by atoms with van der Waals surface area (Å²) in [5.74, 6) is 0.613. The molecule has 2 aliphatic rings. The first-order chi connectivity index (χ1) is 7.13. The summed E-state index contributed by atoms with van der Waals surface area (Å²) < 4.78 is 25.4. The van der Waals surface area contributed by atoms with E-state index >= 15 is 0 Å². The fourth-order valence-corrected chi connectivity index (χ4v) is 4.11. The molecule has 5 heteroatoms. The van der Waals surface area contributed by atoms with Crippen LogP contribution >= 0.6 is 0 Å². The maximum atomic E-state index is 12.0. The molecular formula is C10H16N2O2S. The number of hydrogen-bond donors (Lipinski definition) is 0. The smallest absolute Gasteiger partial charge is 0.212 e. The molecule has 15 heavy (non-hydrogen) atoms. The third-order valence-electron chi connectivity index (χ3n) is 3.10. The third-order valence-corrected chi connectivity index (χ3v) is 5.15. The van der Waals surface area contributed by atoms with E-state index in [0.717, 1.165) is 25.7 Å². The highest BCUT2D eigenvalue weighted by molar-refractivity contribution is 7.89. The van der Waals surface area contributed by atoms with Crippen LogP contribution in [-0.2, 0) is 10.0 Å². The fraction of sp³-hybridized carbons (Fsp3) is 0.900. The Kier molecular flexibility index (Phi) is 2.98. The summed E-state index contributed by atoms with van der Waals surface area (Å²) in [7, 11) is -3.17. The average molecular weight is 228 g/mol. The summed E-state index contributed by atoms with van der Waals surface area (Å²) in [4.78, 5) is 0. The highest BCUT2D eigenvalue weighted by Crippen LogP contribution is 2.32. The van der Waals surface area contributed by atoms with Crippen molar-refractivity contribution < 1.29 is 8.42 Å². The predicted octanol–water partition coefficient (Wildman–Crippen LogP) is 1.10. The second-order valence-electron chi connectivity index (χ2n) is 4.47. The van der Waals surface area contributed by atoms with Crippen molar-refractivity contribution in [2.45, 2.75) is 38.1 Å². The zero-order chi connectivity index (χ0) is 10.9. The van der Waals surface area contributed by atoms with Crippen LogP contribution in [0.1, 0.15) is 32.1 Å². The van der Waals surface area contributed by atoms with Gasteiger partial charge in [0.1, 0.15) is 6.04 Å². The van der Waals surface area contributed by atoms with Crippen molar-refractivity contribution in [2.75, 3.05) is 12.3 Å². The topological polar surface area (TPSA) is 61.2 Å². The molecule has 0 spiro atoms. The molecule has 0 bridgehead atoms. The molecule has 0 aromatic rings. The molecule has 1 saturated carbocycles. The van der Waals surface area contributed by atoms with Gasteiger partial charge < -0.3 is 0 Å². The van der Waals surface area contributed by atoms with Gasteiger partial charge in [0.05, 0.1) is 11.8 Å². The molecule has 1 aliphatic carbocycles. The van der Waals surface area contributed by atoms with E-state index in [9.17, 15) is 8.42 Å². The van der Waals surface area contributed by atoms with Gasteiger partial charge in [-0.15, -0.1) is 0 Å². The molecule has 1 saturated heterocycles. The standard InChI is InChI=1S/C10H16N2O2S/c11-7-10-3-1-2-6-12(10)15(13,14)8-9-4-5-9/h9-10H,1-6,8H2. The Hall–Kier alpha value is -0.600. The van der Waals surface area contributed by atoms with Crippen LogP contribution in [0.3, 0.4) is 0 Å². The lowest BCUT2D eigenvalue weighted by atomic mass is 10.1. The summed E-state index contributed by atoms with van der Waals surface area (Å²) >= 11 is 0. The Balaban J connectivity index is 2.08. The number of nitrogens with zero attached hydrogens (tertiary/aromatic N) is 2. The van der Waals surface area contributed by atoms with Crippen molar-refractivity contribution >= 4 is 10.0 Å². The number of piperidine rings is 1. The summed E-state index contributed by atoms with van der Waals surface area (Å²) in [6.45, 7) is 0.535. The summed E-state index contributed by atoms with van der Waals surface area (Å²) in [6, 6.07) is 1.69. The first kappa shape index (κ1) is 10.9. The molecule has 1 aliphatic heterocycles. The van der Waals surface area contributed by atoms with Gasteiger partial charge in [0.2, 0.25) is 10.0 Å². The first-order valence-electron chi connectivity index (χ1n) is 5.52. The lowest BCUT2D eigenvalue weighted by Crippen LogP contribution is -2.44. The van der Waals surface area contributed by atoms with Gasteiger partial charge in [-0.05, 0) is 38.0 Å². The third kappa shape index (κ3) is 2.50. The van der Waals surface area contributed by atoms with E-state index < -0.39 is 16.1 Å². The van der Waals surface area contributed by atoms with Crippen LogP contribution in [0.2, 0.25) is 0 Å². The molecule has 0 amide bonds. The van der Waals surface area contributed by atoms with Crippen LogP contribution in [0.15, 0.2) is 0 Å². The van der Waals surface area contributed by atoms with Gasteiger partial charge in [0, 0.05) is 6.54 Å². The molecule has 2 fully saturated rings. The highest BCUT2D eigenvalue weighted by atomic mass is 32.2. The first-order valence-corrected chi connectivity index (χ1v) is 7.13. The van der Waals surface area contributed by atoms with E-state index in [1.807, 2.05) is 0 Å². The highest BCUT2D eigenvalue weighted by Gasteiger charge is 2.36. The molecule has 0 aromatic heterocycles. The molecule has 4 nitrogen and oxygen atoms in total. The Morgan fingerprint density at radius 2 is 2.00 bits per heavy atom. The molecular weight excluding hydrogens is 212 g/mol. The van der Waals surface area contributed by atoms with E-state index in [-0.39, 0.29) is 5.75 Å². The Labute approximate surface area is 90.9 Å². The zero-order valence-electron chi connectivity index (χ0n) is 8.72.